The van der Waals surface area contributed by atoms with Crippen molar-refractivity contribution < 1.29 is 9.59 Å². The molecule has 1 aromatic heterocycles. The first-order valence-electron chi connectivity index (χ1n) is 8.04. The smallest absolute Gasteiger partial charge is 0.270 e. The predicted octanol–water partition coefficient (Wildman–Crippen LogP) is 4.09. The van der Waals surface area contributed by atoms with Crippen LogP contribution in [0.25, 0.3) is 0 Å². The lowest BCUT2D eigenvalue weighted by molar-refractivity contribution is -0.121. The average Bonchev–Trinajstić information content (AvgIpc) is 3.20. The maximum atomic E-state index is 12.5. The Kier molecular flexibility index (Phi) is 6.86. The molecular formula is C19H16ClN3O2S2. The van der Waals surface area contributed by atoms with Crippen molar-refractivity contribution in [3.05, 3.63) is 81.3 Å². The van der Waals surface area contributed by atoms with Crippen molar-refractivity contribution in [3.63, 3.8) is 0 Å². The van der Waals surface area contributed by atoms with E-state index in [1.54, 1.807) is 41.9 Å². The maximum Gasteiger partial charge on any atom is 0.270 e. The fourth-order valence-electron chi connectivity index (χ4n) is 2.27. The first-order chi connectivity index (χ1) is 13.1. The van der Waals surface area contributed by atoms with E-state index in [1.807, 2.05) is 17.5 Å². The Morgan fingerprint density at radius 1 is 1.07 bits per heavy atom. The highest BCUT2D eigenvalue weighted by Crippen LogP contribution is 2.26. The lowest BCUT2D eigenvalue weighted by Gasteiger charge is -2.10. The molecule has 0 unspecified atom stereocenters. The van der Waals surface area contributed by atoms with Gasteiger partial charge in [-0.2, -0.15) is 0 Å². The SMILES string of the molecule is O=C(Cc1ccc(Cl)cc1)NNC(=O)c1ccccc1SCc1cscn1. The summed E-state index contributed by atoms with van der Waals surface area (Å²) in [5.41, 5.74) is 8.99. The molecule has 3 rings (SSSR count). The van der Waals surface area contributed by atoms with E-state index in [2.05, 4.69) is 15.8 Å². The van der Waals surface area contributed by atoms with Gasteiger partial charge in [-0.1, -0.05) is 35.9 Å². The van der Waals surface area contributed by atoms with Crippen LogP contribution in [0.5, 0.6) is 0 Å². The summed E-state index contributed by atoms with van der Waals surface area (Å²) in [5, 5.41) is 2.59. The van der Waals surface area contributed by atoms with Crippen LogP contribution in [0.15, 0.2) is 64.3 Å². The number of nitrogens with one attached hydrogen (secondary N) is 2. The molecule has 0 aliphatic carbocycles. The van der Waals surface area contributed by atoms with Gasteiger partial charge in [-0.3, -0.25) is 20.4 Å². The summed E-state index contributed by atoms with van der Waals surface area (Å²) < 4.78 is 0. The normalized spacial score (nSPS) is 10.4. The monoisotopic (exact) mass is 417 g/mol. The molecule has 27 heavy (non-hydrogen) atoms. The van der Waals surface area contributed by atoms with Gasteiger partial charge in [-0.05, 0) is 29.8 Å². The molecule has 138 valence electrons. The van der Waals surface area contributed by atoms with Crippen LogP contribution < -0.4 is 10.9 Å². The molecule has 0 spiro atoms. The molecule has 0 fully saturated rings. The Bertz CT molecular complexity index is 915. The zero-order valence-electron chi connectivity index (χ0n) is 14.1. The van der Waals surface area contributed by atoms with E-state index in [4.69, 9.17) is 11.6 Å². The Balaban J connectivity index is 1.55. The Labute approximate surface area is 170 Å². The Morgan fingerprint density at radius 3 is 2.59 bits per heavy atom. The molecule has 1 heterocycles. The van der Waals surface area contributed by atoms with Crippen LogP contribution in [-0.4, -0.2) is 16.8 Å². The Morgan fingerprint density at radius 2 is 1.85 bits per heavy atom. The number of halogens is 1. The number of benzene rings is 2. The number of thiazole rings is 1. The van der Waals surface area contributed by atoms with Crippen LogP contribution in [0.1, 0.15) is 21.6 Å². The highest BCUT2D eigenvalue weighted by atomic mass is 35.5. The van der Waals surface area contributed by atoms with Crippen molar-refractivity contribution in [1.82, 2.24) is 15.8 Å². The van der Waals surface area contributed by atoms with E-state index in [0.717, 1.165) is 16.2 Å². The average molecular weight is 418 g/mol. The highest BCUT2D eigenvalue weighted by molar-refractivity contribution is 7.98. The van der Waals surface area contributed by atoms with Crippen molar-refractivity contribution in [2.24, 2.45) is 0 Å². The molecule has 0 saturated carbocycles. The molecule has 0 saturated heterocycles. The number of hydrogen-bond acceptors (Lipinski definition) is 5. The molecule has 0 aliphatic heterocycles. The molecule has 0 radical (unpaired) electrons. The van der Waals surface area contributed by atoms with Crippen molar-refractivity contribution in [3.8, 4) is 0 Å². The summed E-state index contributed by atoms with van der Waals surface area (Å²) in [4.78, 5) is 29.6. The van der Waals surface area contributed by atoms with Gasteiger partial charge < -0.3 is 0 Å². The van der Waals surface area contributed by atoms with E-state index < -0.39 is 0 Å². The second-order valence-corrected chi connectivity index (χ2v) is 7.74. The summed E-state index contributed by atoms with van der Waals surface area (Å²) in [6, 6.07) is 14.3. The number of nitrogens with zero attached hydrogens (tertiary/aromatic N) is 1. The molecule has 0 atom stereocenters. The third-order valence-corrected chi connectivity index (χ3v) is 5.58. The van der Waals surface area contributed by atoms with Gasteiger partial charge in [0.05, 0.1) is 23.2 Å². The zero-order chi connectivity index (χ0) is 19.1. The summed E-state index contributed by atoms with van der Waals surface area (Å²) in [7, 11) is 0. The molecule has 3 aromatic rings. The van der Waals surface area contributed by atoms with Crippen LogP contribution in [0, 0.1) is 0 Å². The van der Waals surface area contributed by atoms with Crippen LogP contribution in [0.3, 0.4) is 0 Å². The van der Waals surface area contributed by atoms with Crippen LogP contribution in [0.2, 0.25) is 5.02 Å². The van der Waals surface area contributed by atoms with E-state index >= 15 is 0 Å². The summed E-state index contributed by atoms with van der Waals surface area (Å²) in [6.07, 6.45) is 0.150. The van der Waals surface area contributed by atoms with Crippen molar-refractivity contribution in [1.29, 1.82) is 0 Å². The molecule has 8 heteroatoms. The van der Waals surface area contributed by atoms with Gasteiger partial charge in [-0.25, -0.2) is 4.98 Å². The minimum absolute atomic E-state index is 0.150. The zero-order valence-corrected chi connectivity index (χ0v) is 16.5. The van der Waals surface area contributed by atoms with Gasteiger partial charge in [0, 0.05) is 21.1 Å². The number of hydrogen-bond donors (Lipinski definition) is 2. The third-order valence-electron chi connectivity index (χ3n) is 3.58. The van der Waals surface area contributed by atoms with Crippen LogP contribution in [-0.2, 0) is 17.0 Å². The third kappa shape index (κ3) is 5.82. The van der Waals surface area contributed by atoms with Crippen LogP contribution >= 0.6 is 34.7 Å². The van der Waals surface area contributed by atoms with E-state index in [9.17, 15) is 9.59 Å². The summed E-state index contributed by atoms with van der Waals surface area (Å²) in [6.45, 7) is 0. The fraction of sp³-hybridized carbons (Fsp3) is 0.105. The van der Waals surface area contributed by atoms with E-state index in [0.29, 0.717) is 16.3 Å². The number of aromatic nitrogens is 1. The molecule has 0 bridgehead atoms. The molecule has 2 N–H and O–H groups in total. The number of rotatable bonds is 6. The lowest BCUT2D eigenvalue weighted by Crippen LogP contribution is -2.42. The molecular weight excluding hydrogens is 402 g/mol. The second kappa shape index (κ2) is 9.55. The van der Waals surface area contributed by atoms with Gasteiger partial charge in [0.15, 0.2) is 0 Å². The van der Waals surface area contributed by atoms with Gasteiger partial charge in [0.1, 0.15) is 0 Å². The number of carbonyl (C=O) groups excluding carboxylic acids is 2. The number of hydrazine groups is 1. The number of amides is 2. The highest BCUT2D eigenvalue weighted by Gasteiger charge is 2.13. The van der Waals surface area contributed by atoms with Crippen molar-refractivity contribution in [2.45, 2.75) is 17.1 Å². The standard InChI is InChI=1S/C19H16ClN3O2S2/c20-14-7-5-13(6-8-14)9-18(24)22-23-19(25)16-3-1-2-4-17(16)27-11-15-10-26-12-21-15/h1-8,10,12H,9,11H2,(H,22,24)(H,23,25). The van der Waals surface area contributed by atoms with Crippen LogP contribution in [0.4, 0.5) is 0 Å². The van der Waals surface area contributed by atoms with Gasteiger partial charge in [0.25, 0.3) is 5.91 Å². The number of thioether (sulfide) groups is 1. The van der Waals surface area contributed by atoms with Crippen molar-refractivity contribution in [2.75, 3.05) is 0 Å². The largest absolute Gasteiger partial charge is 0.273 e. The predicted molar refractivity (Wildman–Crippen MR) is 109 cm³/mol. The van der Waals surface area contributed by atoms with E-state index in [-0.39, 0.29) is 18.2 Å². The Hall–Kier alpha value is -2.35. The minimum atomic E-state index is -0.360. The summed E-state index contributed by atoms with van der Waals surface area (Å²) >= 11 is 8.90. The first-order valence-corrected chi connectivity index (χ1v) is 10.3. The van der Waals surface area contributed by atoms with Crippen molar-refractivity contribution >= 4 is 46.5 Å². The van der Waals surface area contributed by atoms with Gasteiger partial charge in [0.2, 0.25) is 5.91 Å². The maximum absolute atomic E-state index is 12.5. The molecule has 2 amide bonds. The van der Waals surface area contributed by atoms with Gasteiger partial charge in [-0.15, -0.1) is 23.1 Å². The molecule has 0 aliphatic rings. The van der Waals surface area contributed by atoms with E-state index in [1.165, 1.54) is 23.1 Å². The second-order valence-electron chi connectivity index (χ2n) is 5.57. The fourth-order valence-corrected chi connectivity index (χ4v) is 4.01. The first kappa shape index (κ1) is 19.4. The molecule has 5 nitrogen and oxygen atoms in total. The molecule has 2 aromatic carbocycles. The number of carbonyl (C=O) groups is 2. The van der Waals surface area contributed by atoms with Gasteiger partial charge >= 0.3 is 0 Å². The quantitative estimate of drug-likeness (QED) is 0.468. The lowest BCUT2D eigenvalue weighted by atomic mass is 10.1. The summed E-state index contributed by atoms with van der Waals surface area (Å²) in [5.74, 6) is 0.00981. The topological polar surface area (TPSA) is 71.1 Å². The minimum Gasteiger partial charge on any atom is -0.273 e.